The van der Waals surface area contributed by atoms with Crippen molar-refractivity contribution in [2.24, 2.45) is 5.92 Å². The molecule has 0 fully saturated rings. The quantitative estimate of drug-likeness (QED) is 0.851. The fourth-order valence-electron chi connectivity index (χ4n) is 2.57. The Morgan fingerprint density at radius 1 is 1.48 bits per heavy atom. The number of nitrogens with zero attached hydrogens (tertiary/aromatic N) is 2. The van der Waals surface area contributed by atoms with Gasteiger partial charge in [-0.25, -0.2) is 9.78 Å². The van der Waals surface area contributed by atoms with E-state index in [1.165, 1.54) is 0 Å². The van der Waals surface area contributed by atoms with E-state index in [4.69, 9.17) is 9.84 Å². The highest BCUT2D eigenvalue weighted by molar-refractivity contribution is 5.92. The molecular weight excluding hydrogens is 268 g/mol. The summed E-state index contributed by atoms with van der Waals surface area (Å²) in [5.41, 5.74) is 2.04. The highest BCUT2D eigenvalue weighted by Crippen LogP contribution is 2.21. The van der Waals surface area contributed by atoms with E-state index in [1.807, 2.05) is 0 Å². The number of rotatable bonds is 7. The molecule has 0 aliphatic heterocycles. The fourth-order valence-corrected chi connectivity index (χ4v) is 2.57. The van der Waals surface area contributed by atoms with Crippen molar-refractivity contribution in [3.63, 3.8) is 0 Å². The zero-order valence-electron chi connectivity index (χ0n) is 12.8. The van der Waals surface area contributed by atoms with Crippen LogP contribution in [0, 0.1) is 5.92 Å². The summed E-state index contributed by atoms with van der Waals surface area (Å²) in [5.74, 6) is 0.445. The van der Waals surface area contributed by atoms with E-state index in [-0.39, 0.29) is 0 Å². The van der Waals surface area contributed by atoms with Crippen LogP contribution in [0.25, 0.3) is 11.0 Å². The number of carbonyl (C=O) groups is 1. The maximum atomic E-state index is 11.2. The lowest BCUT2D eigenvalue weighted by molar-refractivity contribution is 0.0697. The molecule has 0 aliphatic rings. The first-order valence-electron chi connectivity index (χ1n) is 7.28. The number of hydrogen-bond donors (Lipinski definition) is 1. The number of aromatic nitrogens is 2. The average molecular weight is 290 g/mol. The van der Waals surface area contributed by atoms with E-state index in [2.05, 4.69) is 23.4 Å². The predicted octanol–water partition coefficient (Wildman–Crippen LogP) is 2.97. The van der Waals surface area contributed by atoms with Gasteiger partial charge in [0, 0.05) is 20.1 Å². The molecule has 1 aromatic carbocycles. The van der Waals surface area contributed by atoms with Crippen molar-refractivity contribution in [2.75, 3.05) is 13.7 Å². The number of carboxylic acids is 1. The normalized spacial score (nSPS) is 12.7. The molecule has 0 saturated carbocycles. The highest BCUT2D eigenvalue weighted by Gasteiger charge is 2.15. The van der Waals surface area contributed by atoms with Crippen molar-refractivity contribution in [1.29, 1.82) is 0 Å². The van der Waals surface area contributed by atoms with Gasteiger partial charge >= 0.3 is 5.97 Å². The van der Waals surface area contributed by atoms with Gasteiger partial charge in [0.25, 0.3) is 0 Å². The third kappa shape index (κ3) is 3.42. The minimum Gasteiger partial charge on any atom is -0.478 e. The number of hydrogen-bond acceptors (Lipinski definition) is 3. The van der Waals surface area contributed by atoms with Crippen LogP contribution in [-0.2, 0) is 17.7 Å². The highest BCUT2D eigenvalue weighted by atomic mass is 16.5. The summed E-state index contributed by atoms with van der Waals surface area (Å²) in [6.07, 6.45) is 1.89. The standard InChI is InChI=1S/C16H22N2O3/c1-4-5-15-17-13-7-6-12(16(19)20)8-14(13)18(15)9-11(2)10-21-3/h6-8,11H,4-5,9-10H2,1-3H3,(H,19,20). The van der Waals surface area contributed by atoms with E-state index in [0.717, 1.165) is 36.2 Å². The summed E-state index contributed by atoms with van der Waals surface area (Å²) < 4.78 is 7.33. The SMILES string of the molecule is CCCc1nc2ccc(C(=O)O)cc2n1CC(C)COC. The topological polar surface area (TPSA) is 64.3 Å². The number of benzene rings is 1. The number of fused-ring (bicyclic) bond motifs is 1. The van der Waals surface area contributed by atoms with Crippen molar-refractivity contribution in [3.05, 3.63) is 29.6 Å². The molecule has 1 N–H and O–H groups in total. The van der Waals surface area contributed by atoms with Gasteiger partial charge in [-0.05, 0) is 30.5 Å². The van der Waals surface area contributed by atoms with Crippen LogP contribution in [0.15, 0.2) is 18.2 Å². The first-order chi connectivity index (χ1) is 10.1. The van der Waals surface area contributed by atoms with E-state index in [9.17, 15) is 4.79 Å². The number of imidazole rings is 1. The largest absolute Gasteiger partial charge is 0.478 e. The number of ether oxygens (including phenoxy) is 1. The molecule has 0 bridgehead atoms. The summed E-state index contributed by atoms with van der Waals surface area (Å²) in [7, 11) is 1.69. The van der Waals surface area contributed by atoms with E-state index >= 15 is 0 Å². The maximum absolute atomic E-state index is 11.2. The third-order valence-electron chi connectivity index (χ3n) is 3.49. The maximum Gasteiger partial charge on any atom is 0.335 e. The van der Waals surface area contributed by atoms with E-state index < -0.39 is 5.97 Å². The van der Waals surface area contributed by atoms with Crippen LogP contribution >= 0.6 is 0 Å². The molecule has 0 saturated heterocycles. The van der Waals surface area contributed by atoms with E-state index in [1.54, 1.807) is 25.3 Å². The number of carboxylic acid groups (broad SMARTS) is 1. The zero-order valence-corrected chi connectivity index (χ0v) is 12.8. The molecule has 0 amide bonds. The number of methoxy groups -OCH3 is 1. The Morgan fingerprint density at radius 2 is 2.24 bits per heavy atom. The Bertz CT molecular complexity index is 634. The number of aryl methyl sites for hydroxylation is 1. The Hall–Kier alpha value is -1.88. The van der Waals surface area contributed by atoms with Gasteiger partial charge in [0.2, 0.25) is 0 Å². The van der Waals surface area contributed by atoms with Crippen LogP contribution in [0.2, 0.25) is 0 Å². The van der Waals surface area contributed by atoms with Crippen LogP contribution in [0.1, 0.15) is 36.5 Å². The average Bonchev–Trinajstić information content (AvgIpc) is 2.77. The van der Waals surface area contributed by atoms with Crippen LogP contribution in [0.4, 0.5) is 0 Å². The summed E-state index contributed by atoms with van der Waals surface area (Å²) >= 11 is 0. The Labute approximate surface area is 124 Å². The summed E-state index contributed by atoms with van der Waals surface area (Å²) in [6.45, 7) is 5.68. The lowest BCUT2D eigenvalue weighted by Gasteiger charge is -2.14. The first-order valence-corrected chi connectivity index (χ1v) is 7.28. The molecule has 1 heterocycles. The van der Waals surface area contributed by atoms with Crippen LogP contribution < -0.4 is 0 Å². The summed E-state index contributed by atoms with van der Waals surface area (Å²) in [6, 6.07) is 5.11. The first kappa shape index (κ1) is 15.5. The smallest absolute Gasteiger partial charge is 0.335 e. The van der Waals surface area contributed by atoms with Crippen molar-refractivity contribution >= 4 is 17.0 Å². The fraction of sp³-hybridized carbons (Fsp3) is 0.500. The molecule has 5 nitrogen and oxygen atoms in total. The molecule has 5 heteroatoms. The summed E-state index contributed by atoms with van der Waals surface area (Å²) in [5, 5.41) is 9.16. The second-order valence-electron chi connectivity index (χ2n) is 5.46. The second kappa shape index (κ2) is 6.72. The molecule has 2 rings (SSSR count). The molecule has 1 unspecified atom stereocenters. The molecule has 21 heavy (non-hydrogen) atoms. The monoisotopic (exact) mass is 290 g/mol. The van der Waals surface area contributed by atoms with Crippen molar-refractivity contribution in [1.82, 2.24) is 9.55 Å². The molecule has 1 aromatic heterocycles. The van der Waals surface area contributed by atoms with Crippen molar-refractivity contribution in [2.45, 2.75) is 33.2 Å². The lowest BCUT2D eigenvalue weighted by atomic mass is 10.1. The minimum atomic E-state index is -0.911. The van der Waals surface area contributed by atoms with Gasteiger partial charge in [0.15, 0.2) is 0 Å². The zero-order chi connectivity index (χ0) is 15.4. The minimum absolute atomic E-state index is 0.297. The van der Waals surface area contributed by atoms with Crippen molar-refractivity contribution < 1.29 is 14.6 Å². The number of aromatic carboxylic acids is 1. The van der Waals surface area contributed by atoms with Crippen LogP contribution in [0.5, 0.6) is 0 Å². The van der Waals surface area contributed by atoms with E-state index in [0.29, 0.717) is 18.1 Å². The van der Waals surface area contributed by atoms with Crippen molar-refractivity contribution in [3.8, 4) is 0 Å². The van der Waals surface area contributed by atoms with Gasteiger partial charge in [0.05, 0.1) is 23.2 Å². The van der Waals surface area contributed by atoms with Gasteiger partial charge in [-0.2, -0.15) is 0 Å². The Kier molecular flexibility index (Phi) is 4.96. The third-order valence-corrected chi connectivity index (χ3v) is 3.49. The molecule has 0 radical (unpaired) electrons. The second-order valence-corrected chi connectivity index (χ2v) is 5.46. The molecule has 0 aliphatic carbocycles. The lowest BCUT2D eigenvalue weighted by Crippen LogP contribution is -2.15. The summed E-state index contributed by atoms with van der Waals surface area (Å²) in [4.78, 5) is 15.8. The predicted molar refractivity (Wildman–Crippen MR) is 81.7 cm³/mol. The molecule has 114 valence electrons. The van der Waals surface area contributed by atoms with Crippen LogP contribution in [-0.4, -0.2) is 34.3 Å². The molecular formula is C16H22N2O3. The molecule has 2 aromatic rings. The van der Waals surface area contributed by atoms with Gasteiger partial charge in [-0.3, -0.25) is 0 Å². The van der Waals surface area contributed by atoms with Gasteiger partial charge in [-0.1, -0.05) is 13.8 Å². The van der Waals surface area contributed by atoms with Gasteiger partial charge in [-0.15, -0.1) is 0 Å². The molecule has 1 atom stereocenters. The Morgan fingerprint density at radius 3 is 2.86 bits per heavy atom. The molecule has 0 spiro atoms. The van der Waals surface area contributed by atoms with Crippen LogP contribution in [0.3, 0.4) is 0 Å². The Balaban J connectivity index is 2.48. The van der Waals surface area contributed by atoms with Gasteiger partial charge < -0.3 is 14.4 Å². The van der Waals surface area contributed by atoms with Gasteiger partial charge in [0.1, 0.15) is 5.82 Å².